The lowest BCUT2D eigenvalue weighted by atomic mass is 10.1. The van der Waals surface area contributed by atoms with E-state index >= 15 is 0 Å². The van der Waals surface area contributed by atoms with Crippen molar-refractivity contribution in [2.75, 3.05) is 20.1 Å². The fourth-order valence-electron chi connectivity index (χ4n) is 3.55. The Morgan fingerprint density at radius 3 is 2.96 bits per heavy atom. The number of fused-ring (bicyclic) bond motifs is 1. The molecule has 148 valence electrons. The lowest BCUT2D eigenvalue weighted by Crippen LogP contribution is -2.47. The van der Waals surface area contributed by atoms with Crippen LogP contribution < -0.4 is 10.6 Å². The van der Waals surface area contributed by atoms with Crippen molar-refractivity contribution in [1.82, 2.24) is 20.7 Å². The van der Waals surface area contributed by atoms with Gasteiger partial charge in [0.1, 0.15) is 5.76 Å². The lowest BCUT2D eigenvalue weighted by Gasteiger charge is -2.32. The Morgan fingerprint density at radius 1 is 1.37 bits per heavy atom. The number of guanidine groups is 1. The number of hydrogen-bond donors (Lipinski definition) is 2. The molecule has 0 bridgehead atoms. The van der Waals surface area contributed by atoms with Crippen LogP contribution in [0.1, 0.15) is 48.2 Å². The van der Waals surface area contributed by atoms with E-state index in [0.717, 1.165) is 61.9 Å². The average molecular weight is 390 g/mol. The molecule has 3 heterocycles. The summed E-state index contributed by atoms with van der Waals surface area (Å²) in [5.41, 5.74) is 3.69. The summed E-state index contributed by atoms with van der Waals surface area (Å²) in [7, 11) is 1.81. The Bertz CT molecular complexity index is 745. The second-order valence-electron chi connectivity index (χ2n) is 6.98. The maximum Gasteiger partial charge on any atom is 0.191 e. The number of nitrogens with zero attached hydrogens (tertiary/aromatic N) is 3. The van der Waals surface area contributed by atoms with Crippen molar-refractivity contribution in [3.63, 3.8) is 0 Å². The Hall–Kier alpha value is -1.86. The van der Waals surface area contributed by atoms with Crippen LogP contribution in [0.3, 0.4) is 0 Å². The van der Waals surface area contributed by atoms with Crippen molar-refractivity contribution in [3.8, 4) is 0 Å². The summed E-state index contributed by atoms with van der Waals surface area (Å²) < 4.78 is 5.45. The molecule has 1 aliphatic heterocycles. The monoisotopic (exact) mass is 389 g/mol. The molecule has 0 aliphatic carbocycles. The minimum Gasteiger partial charge on any atom is -0.361 e. The number of aryl methyl sites for hydroxylation is 2. The summed E-state index contributed by atoms with van der Waals surface area (Å²) in [6.07, 6.45) is 2.90. The molecular formula is C20H31N5OS. The number of thiophene rings is 1. The summed E-state index contributed by atoms with van der Waals surface area (Å²) in [6.45, 7) is 10.2. The molecule has 0 saturated carbocycles. The van der Waals surface area contributed by atoms with Crippen LogP contribution in [-0.2, 0) is 32.4 Å². The Morgan fingerprint density at radius 2 is 2.22 bits per heavy atom. The standard InChI is InChI=1S/C20H31N5OS/c1-5-17-16(18(6-2)26-24-17)12-23-20(21-4)22-11-14(3)25-9-7-19-15(13-25)8-10-27-19/h8,10,14H,5-7,9,11-13H2,1-4H3,(H2,21,22,23). The molecule has 0 radical (unpaired) electrons. The van der Waals surface area contributed by atoms with Gasteiger partial charge < -0.3 is 15.2 Å². The Labute approximate surface area is 166 Å². The molecule has 0 aromatic carbocycles. The third-order valence-electron chi connectivity index (χ3n) is 5.29. The largest absolute Gasteiger partial charge is 0.361 e. The number of aliphatic imine (C=N–C) groups is 1. The second-order valence-corrected chi connectivity index (χ2v) is 7.98. The zero-order valence-electron chi connectivity index (χ0n) is 16.8. The molecule has 2 aromatic rings. The SMILES string of the molecule is CCc1noc(CC)c1CNC(=NC)NCC(C)N1CCc2sccc2C1. The maximum absolute atomic E-state index is 5.45. The van der Waals surface area contributed by atoms with Gasteiger partial charge in [-0.05, 0) is 36.8 Å². The van der Waals surface area contributed by atoms with Crippen molar-refractivity contribution in [1.29, 1.82) is 0 Å². The second kappa shape index (κ2) is 9.37. The van der Waals surface area contributed by atoms with Gasteiger partial charge in [0.2, 0.25) is 0 Å². The lowest BCUT2D eigenvalue weighted by molar-refractivity contribution is 0.192. The Balaban J connectivity index is 1.50. The fraction of sp³-hybridized carbons (Fsp3) is 0.600. The highest BCUT2D eigenvalue weighted by molar-refractivity contribution is 7.10. The summed E-state index contributed by atoms with van der Waals surface area (Å²) in [5, 5.41) is 13.3. The van der Waals surface area contributed by atoms with Crippen LogP contribution in [0.5, 0.6) is 0 Å². The van der Waals surface area contributed by atoms with E-state index in [2.05, 4.69) is 57.9 Å². The van der Waals surface area contributed by atoms with Gasteiger partial charge in [0.25, 0.3) is 0 Å². The van der Waals surface area contributed by atoms with Gasteiger partial charge in [0.15, 0.2) is 5.96 Å². The average Bonchev–Trinajstić information content (AvgIpc) is 3.33. The number of rotatable bonds is 7. The molecule has 0 saturated heterocycles. The molecule has 0 spiro atoms. The molecule has 1 unspecified atom stereocenters. The van der Waals surface area contributed by atoms with Gasteiger partial charge >= 0.3 is 0 Å². The van der Waals surface area contributed by atoms with E-state index < -0.39 is 0 Å². The molecule has 3 rings (SSSR count). The van der Waals surface area contributed by atoms with Gasteiger partial charge in [-0.2, -0.15) is 0 Å². The molecule has 0 amide bonds. The minimum atomic E-state index is 0.449. The summed E-state index contributed by atoms with van der Waals surface area (Å²) in [6, 6.07) is 2.71. The molecule has 27 heavy (non-hydrogen) atoms. The number of hydrogen-bond acceptors (Lipinski definition) is 5. The van der Waals surface area contributed by atoms with Crippen molar-refractivity contribution in [3.05, 3.63) is 38.9 Å². The third-order valence-corrected chi connectivity index (χ3v) is 6.31. The molecule has 1 aliphatic rings. The van der Waals surface area contributed by atoms with Gasteiger partial charge in [-0.25, -0.2) is 0 Å². The first kappa shape index (κ1) is 19.9. The zero-order valence-corrected chi connectivity index (χ0v) is 17.7. The van der Waals surface area contributed by atoms with Gasteiger partial charge in [-0.15, -0.1) is 11.3 Å². The van der Waals surface area contributed by atoms with Crippen LogP contribution in [0.15, 0.2) is 21.0 Å². The third kappa shape index (κ3) is 4.71. The molecule has 2 aromatic heterocycles. The quantitative estimate of drug-likeness (QED) is 0.563. The molecule has 2 N–H and O–H groups in total. The van der Waals surface area contributed by atoms with Crippen LogP contribution in [0.2, 0.25) is 0 Å². The van der Waals surface area contributed by atoms with E-state index in [1.165, 1.54) is 5.56 Å². The van der Waals surface area contributed by atoms with E-state index in [4.69, 9.17) is 4.52 Å². The molecule has 0 fully saturated rings. The number of aromatic nitrogens is 1. The van der Waals surface area contributed by atoms with Crippen molar-refractivity contribution in [2.45, 2.75) is 59.2 Å². The van der Waals surface area contributed by atoms with Crippen LogP contribution in [-0.4, -0.2) is 42.2 Å². The first-order chi connectivity index (χ1) is 13.2. The Kier molecular flexibility index (Phi) is 6.90. The van der Waals surface area contributed by atoms with Crippen LogP contribution >= 0.6 is 11.3 Å². The van der Waals surface area contributed by atoms with Crippen molar-refractivity contribution < 1.29 is 4.52 Å². The van der Waals surface area contributed by atoms with Crippen LogP contribution in [0, 0.1) is 0 Å². The van der Waals surface area contributed by atoms with E-state index in [9.17, 15) is 0 Å². The first-order valence-electron chi connectivity index (χ1n) is 9.86. The molecule has 7 heteroatoms. The summed E-state index contributed by atoms with van der Waals surface area (Å²) >= 11 is 1.89. The predicted octanol–water partition coefficient (Wildman–Crippen LogP) is 2.97. The van der Waals surface area contributed by atoms with Crippen molar-refractivity contribution >= 4 is 17.3 Å². The smallest absolute Gasteiger partial charge is 0.191 e. The van der Waals surface area contributed by atoms with Crippen molar-refractivity contribution in [2.24, 2.45) is 4.99 Å². The fourth-order valence-corrected chi connectivity index (χ4v) is 4.44. The van der Waals surface area contributed by atoms with E-state index in [-0.39, 0.29) is 0 Å². The molecule has 1 atom stereocenters. The highest BCUT2D eigenvalue weighted by Gasteiger charge is 2.21. The van der Waals surface area contributed by atoms with Crippen LogP contribution in [0.25, 0.3) is 0 Å². The number of nitrogens with one attached hydrogen (secondary N) is 2. The minimum absolute atomic E-state index is 0.449. The van der Waals surface area contributed by atoms with Crippen LogP contribution in [0.4, 0.5) is 0 Å². The predicted molar refractivity (Wildman–Crippen MR) is 111 cm³/mol. The van der Waals surface area contributed by atoms with Gasteiger partial charge in [-0.1, -0.05) is 19.0 Å². The molecular weight excluding hydrogens is 358 g/mol. The van der Waals surface area contributed by atoms with Gasteiger partial charge in [0, 0.05) is 56.1 Å². The zero-order chi connectivity index (χ0) is 19.2. The summed E-state index contributed by atoms with van der Waals surface area (Å²) in [5.74, 6) is 1.78. The van der Waals surface area contributed by atoms with Gasteiger partial charge in [0.05, 0.1) is 5.69 Å². The van der Waals surface area contributed by atoms with E-state index in [1.54, 1.807) is 4.88 Å². The van der Waals surface area contributed by atoms with E-state index in [0.29, 0.717) is 12.6 Å². The topological polar surface area (TPSA) is 65.7 Å². The normalized spacial score (nSPS) is 16.2. The van der Waals surface area contributed by atoms with Gasteiger partial charge in [-0.3, -0.25) is 9.89 Å². The highest BCUT2D eigenvalue weighted by atomic mass is 32.1. The summed E-state index contributed by atoms with van der Waals surface area (Å²) in [4.78, 5) is 8.46. The first-order valence-corrected chi connectivity index (χ1v) is 10.7. The maximum atomic E-state index is 5.45. The van der Waals surface area contributed by atoms with E-state index in [1.807, 2.05) is 18.4 Å². The highest BCUT2D eigenvalue weighted by Crippen LogP contribution is 2.25. The molecule has 6 nitrogen and oxygen atoms in total.